The molecule has 0 N–H and O–H groups in total. The minimum atomic E-state index is -0.279. The number of ether oxygens (including phenoxy) is 2. The molecule has 1 aromatic heterocycles. The zero-order valence-corrected chi connectivity index (χ0v) is 17.2. The highest BCUT2D eigenvalue weighted by Gasteiger charge is 2.17. The third-order valence-electron chi connectivity index (χ3n) is 3.92. The van der Waals surface area contributed by atoms with Crippen LogP contribution in [0.4, 0.5) is 0 Å². The molecule has 0 saturated carbocycles. The van der Waals surface area contributed by atoms with Crippen LogP contribution >= 0.6 is 23.4 Å². The van der Waals surface area contributed by atoms with Crippen LogP contribution in [0.2, 0.25) is 5.02 Å². The van der Waals surface area contributed by atoms with Gasteiger partial charge in [0.1, 0.15) is 11.6 Å². The van der Waals surface area contributed by atoms with Gasteiger partial charge in [0.15, 0.2) is 5.16 Å². The number of carbonyl (C=O) groups is 1. The van der Waals surface area contributed by atoms with Crippen LogP contribution in [-0.2, 0) is 16.0 Å². The van der Waals surface area contributed by atoms with Crippen LogP contribution in [0.1, 0.15) is 18.3 Å². The summed E-state index contributed by atoms with van der Waals surface area (Å²) in [5.41, 5.74) is 1.91. The SMILES string of the molecule is CCOC(=O)CSc1nnc(Cc2ccc(OC)c(Cl)c2)n1-c1ccccc1. The van der Waals surface area contributed by atoms with Gasteiger partial charge >= 0.3 is 5.97 Å². The molecule has 0 aliphatic heterocycles. The van der Waals surface area contributed by atoms with Gasteiger partial charge in [0.25, 0.3) is 0 Å². The number of aromatic nitrogens is 3. The van der Waals surface area contributed by atoms with E-state index in [0.717, 1.165) is 17.1 Å². The highest BCUT2D eigenvalue weighted by atomic mass is 35.5. The van der Waals surface area contributed by atoms with E-state index in [9.17, 15) is 4.79 Å². The first-order chi connectivity index (χ1) is 13.6. The lowest BCUT2D eigenvalue weighted by atomic mass is 10.1. The van der Waals surface area contributed by atoms with Gasteiger partial charge in [0.05, 0.1) is 24.5 Å². The number of nitrogens with zero attached hydrogens (tertiary/aromatic N) is 3. The average molecular weight is 418 g/mol. The van der Waals surface area contributed by atoms with Crippen molar-refractivity contribution in [2.75, 3.05) is 19.5 Å². The predicted octanol–water partition coefficient (Wildman–Crippen LogP) is 4.18. The summed E-state index contributed by atoms with van der Waals surface area (Å²) in [7, 11) is 1.58. The zero-order chi connectivity index (χ0) is 19.9. The molecule has 0 spiro atoms. The van der Waals surface area contributed by atoms with Gasteiger partial charge in [-0.25, -0.2) is 0 Å². The Morgan fingerprint density at radius 2 is 1.96 bits per heavy atom. The molecular weight excluding hydrogens is 398 g/mol. The summed E-state index contributed by atoms with van der Waals surface area (Å²) in [5, 5.41) is 9.81. The maximum Gasteiger partial charge on any atom is 0.316 e. The Balaban J connectivity index is 1.90. The number of hydrogen-bond donors (Lipinski definition) is 0. The first kappa shape index (κ1) is 20.2. The summed E-state index contributed by atoms with van der Waals surface area (Å²) < 4.78 is 12.2. The first-order valence-corrected chi connectivity index (χ1v) is 10.1. The van der Waals surface area contributed by atoms with Crippen LogP contribution in [0.3, 0.4) is 0 Å². The molecule has 0 saturated heterocycles. The van der Waals surface area contributed by atoms with E-state index in [0.29, 0.717) is 29.0 Å². The van der Waals surface area contributed by atoms with Crippen molar-refractivity contribution in [3.8, 4) is 11.4 Å². The van der Waals surface area contributed by atoms with Crippen LogP contribution < -0.4 is 4.74 Å². The molecule has 0 unspecified atom stereocenters. The lowest BCUT2D eigenvalue weighted by Crippen LogP contribution is -2.08. The molecule has 1 heterocycles. The second kappa shape index (κ2) is 9.61. The Hall–Kier alpha value is -2.51. The lowest BCUT2D eigenvalue weighted by molar-refractivity contribution is -0.139. The van der Waals surface area contributed by atoms with Gasteiger partial charge in [-0.2, -0.15) is 0 Å². The van der Waals surface area contributed by atoms with Gasteiger partial charge in [-0.05, 0) is 36.8 Å². The number of benzene rings is 2. The van der Waals surface area contributed by atoms with E-state index in [-0.39, 0.29) is 11.7 Å². The third-order valence-corrected chi connectivity index (χ3v) is 5.12. The largest absolute Gasteiger partial charge is 0.495 e. The maximum atomic E-state index is 11.7. The van der Waals surface area contributed by atoms with Gasteiger partial charge in [0.2, 0.25) is 0 Å². The second-order valence-electron chi connectivity index (χ2n) is 5.81. The number of carbonyl (C=O) groups excluding carboxylic acids is 1. The van der Waals surface area contributed by atoms with Crippen molar-refractivity contribution in [2.45, 2.75) is 18.5 Å². The number of para-hydroxylation sites is 1. The Kier molecular flexibility index (Phi) is 6.95. The van der Waals surface area contributed by atoms with Crippen molar-refractivity contribution in [1.29, 1.82) is 0 Å². The summed E-state index contributed by atoms with van der Waals surface area (Å²) >= 11 is 7.55. The van der Waals surface area contributed by atoms with E-state index in [1.54, 1.807) is 14.0 Å². The number of halogens is 1. The smallest absolute Gasteiger partial charge is 0.316 e. The fraction of sp³-hybridized carbons (Fsp3) is 0.250. The molecule has 0 amide bonds. The van der Waals surface area contributed by atoms with E-state index >= 15 is 0 Å². The van der Waals surface area contributed by atoms with Crippen molar-refractivity contribution in [1.82, 2.24) is 14.8 Å². The van der Waals surface area contributed by atoms with Crippen LogP contribution in [0, 0.1) is 0 Å². The third kappa shape index (κ3) is 4.85. The van der Waals surface area contributed by atoms with E-state index < -0.39 is 0 Å². The minimum Gasteiger partial charge on any atom is -0.495 e. The molecule has 0 bridgehead atoms. The number of thioether (sulfide) groups is 1. The number of rotatable bonds is 8. The molecule has 6 nitrogen and oxygen atoms in total. The minimum absolute atomic E-state index is 0.174. The molecule has 28 heavy (non-hydrogen) atoms. The molecule has 2 aromatic carbocycles. The fourth-order valence-corrected chi connectivity index (χ4v) is 3.72. The van der Waals surface area contributed by atoms with Crippen molar-refractivity contribution in [2.24, 2.45) is 0 Å². The molecule has 3 aromatic rings. The Bertz CT molecular complexity index is 947. The molecule has 146 valence electrons. The number of hydrogen-bond acceptors (Lipinski definition) is 6. The van der Waals surface area contributed by atoms with Crippen LogP contribution in [0.15, 0.2) is 53.7 Å². The van der Waals surface area contributed by atoms with E-state index in [1.165, 1.54) is 11.8 Å². The molecule has 0 aliphatic carbocycles. The average Bonchev–Trinajstić information content (AvgIpc) is 3.10. The van der Waals surface area contributed by atoms with Crippen molar-refractivity contribution >= 4 is 29.3 Å². The molecule has 0 aliphatic rings. The van der Waals surface area contributed by atoms with Crippen LogP contribution in [0.25, 0.3) is 5.69 Å². The monoisotopic (exact) mass is 417 g/mol. The first-order valence-electron chi connectivity index (χ1n) is 8.73. The Morgan fingerprint density at radius 1 is 1.18 bits per heavy atom. The fourth-order valence-electron chi connectivity index (χ4n) is 2.67. The second-order valence-corrected chi connectivity index (χ2v) is 7.16. The summed E-state index contributed by atoms with van der Waals surface area (Å²) in [6.45, 7) is 2.14. The van der Waals surface area contributed by atoms with Gasteiger partial charge in [-0.15, -0.1) is 10.2 Å². The molecule has 0 atom stereocenters. The van der Waals surface area contributed by atoms with Crippen molar-refractivity contribution in [3.05, 3.63) is 64.9 Å². The number of methoxy groups -OCH3 is 1. The normalized spacial score (nSPS) is 10.7. The summed E-state index contributed by atoms with van der Waals surface area (Å²) in [6, 6.07) is 15.4. The maximum absolute atomic E-state index is 11.7. The highest BCUT2D eigenvalue weighted by molar-refractivity contribution is 7.99. The van der Waals surface area contributed by atoms with Gasteiger partial charge in [0, 0.05) is 12.1 Å². The highest BCUT2D eigenvalue weighted by Crippen LogP contribution is 2.27. The van der Waals surface area contributed by atoms with E-state index in [2.05, 4.69) is 10.2 Å². The van der Waals surface area contributed by atoms with Crippen molar-refractivity contribution < 1.29 is 14.3 Å². The van der Waals surface area contributed by atoms with E-state index in [4.69, 9.17) is 21.1 Å². The molecular formula is C20H20ClN3O3S. The molecule has 0 fully saturated rings. The lowest BCUT2D eigenvalue weighted by Gasteiger charge is -2.11. The summed E-state index contributed by atoms with van der Waals surface area (Å²) in [5.74, 6) is 1.27. The van der Waals surface area contributed by atoms with Gasteiger partial charge in [-0.1, -0.05) is 47.6 Å². The standard InChI is InChI=1S/C20H20ClN3O3S/c1-3-27-19(25)13-28-20-23-22-18(24(20)15-7-5-4-6-8-15)12-14-9-10-17(26-2)16(21)11-14/h4-11H,3,12-13H2,1-2H3. The summed E-state index contributed by atoms with van der Waals surface area (Å²) in [6.07, 6.45) is 0.533. The van der Waals surface area contributed by atoms with Gasteiger partial charge in [-0.3, -0.25) is 9.36 Å². The topological polar surface area (TPSA) is 66.2 Å². The summed E-state index contributed by atoms with van der Waals surface area (Å²) in [4.78, 5) is 11.7. The predicted molar refractivity (Wildman–Crippen MR) is 110 cm³/mol. The Labute approximate surface area is 172 Å². The van der Waals surface area contributed by atoms with Gasteiger partial charge < -0.3 is 9.47 Å². The quantitative estimate of drug-likeness (QED) is 0.404. The molecule has 3 rings (SSSR count). The van der Waals surface area contributed by atoms with Crippen LogP contribution in [-0.4, -0.2) is 40.2 Å². The molecule has 0 radical (unpaired) electrons. The number of esters is 1. The van der Waals surface area contributed by atoms with E-state index in [1.807, 2.05) is 53.1 Å². The Morgan fingerprint density at radius 3 is 2.64 bits per heavy atom. The van der Waals surface area contributed by atoms with Crippen molar-refractivity contribution in [3.63, 3.8) is 0 Å². The van der Waals surface area contributed by atoms with Crippen LogP contribution in [0.5, 0.6) is 5.75 Å². The zero-order valence-electron chi connectivity index (χ0n) is 15.6. The molecule has 8 heteroatoms.